The van der Waals surface area contributed by atoms with Gasteiger partial charge in [0.2, 0.25) is 0 Å². The van der Waals surface area contributed by atoms with E-state index >= 15 is 0 Å². The summed E-state index contributed by atoms with van der Waals surface area (Å²) in [5.74, 6) is 0.916. The summed E-state index contributed by atoms with van der Waals surface area (Å²) in [5.41, 5.74) is 0.711. The lowest BCUT2D eigenvalue weighted by Gasteiger charge is -2.06. The maximum absolute atomic E-state index is 10.5. The highest BCUT2D eigenvalue weighted by Crippen LogP contribution is 2.26. The van der Waals surface area contributed by atoms with Crippen LogP contribution in [0, 0.1) is 11.3 Å². The lowest BCUT2D eigenvalue weighted by Crippen LogP contribution is -1.86. The van der Waals surface area contributed by atoms with Gasteiger partial charge in [-0.25, -0.2) is 0 Å². The predicted molar refractivity (Wildman–Crippen MR) is 64.7 cm³/mol. The zero-order valence-electron chi connectivity index (χ0n) is 9.33. The molecule has 4 heteroatoms. The third-order valence-corrected chi connectivity index (χ3v) is 2.34. The predicted octanol–water partition coefficient (Wildman–Crippen LogP) is 2.87. The Morgan fingerprint density at radius 1 is 1.11 bits per heavy atom. The van der Waals surface area contributed by atoms with Crippen LogP contribution in [0.1, 0.15) is 15.9 Å². The third kappa shape index (κ3) is 2.47. The molecule has 0 saturated heterocycles. The second-order valence-corrected chi connectivity index (χ2v) is 3.58. The monoisotopic (exact) mass is 239 g/mol. The molecule has 0 spiro atoms. The van der Waals surface area contributed by atoms with E-state index in [1.54, 1.807) is 30.3 Å². The Kier molecular flexibility index (Phi) is 3.26. The van der Waals surface area contributed by atoms with Crippen molar-refractivity contribution in [2.75, 3.05) is 0 Å². The fourth-order valence-corrected chi connectivity index (χ4v) is 1.42. The van der Waals surface area contributed by atoms with E-state index in [1.807, 2.05) is 6.07 Å². The highest BCUT2D eigenvalue weighted by atomic mass is 16.5. The second-order valence-electron chi connectivity index (χ2n) is 3.58. The quantitative estimate of drug-likeness (QED) is 0.836. The van der Waals surface area contributed by atoms with Gasteiger partial charge >= 0.3 is 0 Å². The average Bonchev–Trinajstić information content (AvgIpc) is 2.42. The first kappa shape index (κ1) is 11.7. The Balaban J connectivity index is 2.23. The van der Waals surface area contributed by atoms with Gasteiger partial charge in [-0.2, -0.15) is 5.26 Å². The van der Waals surface area contributed by atoms with Gasteiger partial charge in [-0.05, 0) is 36.4 Å². The van der Waals surface area contributed by atoms with E-state index in [0.29, 0.717) is 17.1 Å². The number of hydrogen-bond acceptors (Lipinski definition) is 4. The number of hydrogen-bond donors (Lipinski definition) is 1. The first-order valence-electron chi connectivity index (χ1n) is 5.19. The minimum absolute atomic E-state index is 0.0823. The Morgan fingerprint density at radius 3 is 2.39 bits per heavy atom. The molecule has 4 nitrogen and oxygen atoms in total. The van der Waals surface area contributed by atoms with E-state index in [-0.39, 0.29) is 11.3 Å². The number of carbonyl (C=O) groups excluding carboxylic acids is 1. The van der Waals surface area contributed by atoms with Crippen LogP contribution in [0.2, 0.25) is 0 Å². The highest BCUT2D eigenvalue weighted by Gasteiger charge is 2.03. The minimum Gasteiger partial charge on any atom is -0.507 e. The van der Waals surface area contributed by atoms with Gasteiger partial charge in [-0.1, -0.05) is 0 Å². The Bertz CT molecular complexity index is 612. The molecule has 0 atom stereocenters. The van der Waals surface area contributed by atoms with Gasteiger partial charge in [0.25, 0.3) is 0 Å². The summed E-state index contributed by atoms with van der Waals surface area (Å²) < 4.78 is 5.50. The van der Waals surface area contributed by atoms with Gasteiger partial charge in [0, 0.05) is 11.6 Å². The summed E-state index contributed by atoms with van der Waals surface area (Å²) in [6.45, 7) is 0. The van der Waals surface area contributed by atoms with Crippen LogP contribution in [0.15, 0.2) is 42.5 Å². The van der Waals surface area contributed by atoms with Crippen LogP contribution in [0.4, 0.5) is 0 Å². The van der Waals surface area contributed by atoms with Crippen LogP contribution in [0.25, 0.3) is 0 Å². The molecule has 18 heavy (non-hydrogen) atoms. The number of rotatable bonds is 3. The number of phenolic OH excluding ortho intramolecular Hbond substituents is 1. The van der Waals surface area contributed by atoms with Crippen LogP contribution in [0.5, 0.6) is 17.2 Å². The molecule has 0 saturated carbocycles. The molecule has 0 unspecified atom stereocenters. The van der Waals surface area contributed by atoms with Gasteiger partial charge in [0.05, 0.1) is 5.56 Å². The highest BCUT2D eigenvalue weighted by molar-refractivity contribution is 5.74. The molecule has 0 aliphatic rings. The molecule has 0 radical (unpaired) electrons. The van der Waals surface area contributed by atoms with Gasteiger partial charge in [-0.3, -0.25) is 4.79 Å². The van der Waals surface area contributed by atoms with Crippen molar-refractivity contribution in [3.63, 3.8) is 0 Å². The molecule has 0 aliphatic carbocycles. The van der Waals surface area contributed by atoms with Crippen molar-refractivity contribution in [2.45, 2.75) is 0 Å². The molecule has 1 N–H and O–H groups in total. The summed E-state index contributed by atoms with van der Waals surface area (Å²) in [5, 5.41) is 18.1. The number of nitrogens with zero attached hydrogens (tertiary/aromatic N) is 1. The molecular weight excluding hydrogens is 230 g/mol. The number of nitriles is 1. The van der Waals surface area contributed by atoms with E-state index in [2.05, 4.69) is 0 Å². The van der Waals surface area contributed by atoms with E-state index in [0.717, 1.165) is 6.29 Å². The normalized spacial score (nSPS) is 9.50. The van der Waals surface area contributed by atoms with Crippen molar-refractivity contribution in [2.24, 2.45) is 0 Å². The molecule has 0 amide bonds. The summed E-state index contributed by atoms with van der Waals surface area (Å²) in [7, 11) is 0. The molecule has 0 fully saturated rings. The van der Waals surface area contributed by atoms with E-state index in [4.69, 9.17) is 10.00 Å². The number of phenols is 1. The smallest absolute Gasteiger partial charge is 0.150 e. The molecule has 0 bridgehead atoms. The van der Waals surface area contributed by atoms with Crippen LogP contribution < -0.4 is 4.74 Å². The van der Waals surface area contributed by atoms with Crippen molar-refractivity contribution in [1.29, 1.82) is 5.26 Å². The Hall–Kier alpha value is -2.80. The van der Waals surface area contributed by atoms with E-state index in [9.17, 15) is 9.90 Å². The Morgan fingerprint density at radius 2 is 1.78 bits per heavy atom. The maximum atomic E-state index is 10.5. The lowest BCUT2D eigenvalue weighted by atomic mass is 10.2. The van der Waals surface area contributed by atoms with Crippen LogP contribution in [0.3, 0.4) is 0 Å². The zero-order valence-corrected chi connectivity index (χ0v) is 9.33. The molecule has 2 aromatic rings. The van der Waals surface area contributed by atoms with Gasteiger partial charge in [-0.15, -0.1) is 0 Å². The van der Waals surface area contributed by atoms with Crippen LogP contribution in [-0.4, -0.2) is 11.4 Å². The van der Waals surface area contributed by atoms with Crippen molar-refractivity contribution >= 4 is 6.29 Å². The van der Waals surface area contributed by atoms with Crippen molar-refractivity contribution in [1.82, 2.24) is 0 Å². The zero-order chi connectivity index (χ0) is 13.0. The molecular formula is C14H9NO3. The van der Waals surface area contributed by atoms with E-state index < -0.39 is 0 Å². The topological polar surface area (TPSA) is 70.3 Å². The van der Waals surface area contributed by atoms with Crippen molar-refractivity contribution < 1.29 is 14.6 Å². The van der Waals surface area contributed by atoms with E-state index in [1.165, 1.54) is 12.1 Å². The SMILES string of the molecule is N#Cc1cc(Oc2ccc(C=O)cc2)ccc1O. The van der Waals surface area contributed by atoms with Gasteiger partial charge < -0.3 is 9.84 Å². The molecule has 0 heterocycles. The molecule has 0 aromatic heterocycles. The summed E-state index contributed by atoms with van der Waals surface area (Å²) in [6, 6.07) is 12.8. The van der Waals surface area contributed by atoms with Gasteiger partial charge in [0.1, 0.15) is 29.6 Å². The number of carbonyl (C=O) groups is 1. The van der Waals surface area contributed by atoms with Crippen LogP contribution >= 0.6 is 0 Å². The summed E-state index contributed by atoms with van der Waals surface area (Å²) in [4.78, 5) is 10.5. The largest absolute Gasteiger partial charge is 0.507 e. The van der Waals surface area contributed by atoms with Crippen molar-refractivity contribution in [3.05, 3.63) is 53.6 Å². The fourth-order valence-electron chi connectivity index (χ4n) is 1.42. The first-order valence-corrected chi connectivity index (χ1v) is 5.19. The minimum atomic E-state index is -0.0823. The summed E-state index contributed by atoms with van der Waals surface area (Å²) >= 11 is 0. The average molecular weight is 239 g/mol. The third-order valence-electron chi connectivity index (χ3n) is 2.34. The molecule has 2 aromatic carbocycles. The van der Waals surface area contributed by atoms with Crippen molar-refractivity contribution in [3.8, 4) is 23.3 Å². The number of aromatic hydroxyl groups is 1. The second kappa shape index (κ2) is 5.02. The molecule has 88 valence electrons. The lowest BCUT2D eigenvalue weighted by molar-refractivity contribution is 0.112. The number of ether oxygens (including phenoxy) is 1. The summed E-state index contributed by atoms with van der Waals surface area (Å²) in [6.07, 6.45) is 0.748. The number of benzene rings is 2. The van der Waals surface area contributed by atoms with Gasteiger partial charge in [0.15, 0.2) is 0 Å². The molecule has 2 rings (SSSR count). The van der Waals surface area contributed by atoms with Crippen LogP contribution in [-0.2, 0) is 0 Å². The first-order chi connectivity index (χ1) is 8.72. The Labute approximate surface area is 104 Å². The number of aldehydes is 1. The maximum Gasteiger partial charge on any atom is 0.150 e. The standard InChI is InChI=1S/C14H9NO3/c15-8-11-7-13(5-6-14(11)17)18-12-3-1-10(9-16)2-4-12/h1-7,9,17H. The fraction of sp³-hybridized carbons (Fsp3) is 0. The molecule has 0 aliphatic heterocycles.